The Bertz CT molecular complexity index is 982. The summed E-state index contributed by atoms with van der Waals surface area (Å²) in [5.41, 5.74) is 11.9. The van der Waals surface area contributed by atoms with Crippen molar-refractivity contribution in [3.8, 4) is 11.5 Å². The molecule has 29 heavy (non-hydrogen) atoms. The van der Waals surface area contributed by atoms with Gasteiger partial charge in [0.25, 0.3) is 0 Å². The number of hydrogen-bond donors (Lipinski definition) is 2. The normalized spacial score (nSPS) is 11.9. The van der Waals surface area contributed by atoms with E-state index in [0.717, 1.165) is 0 Å². The largest absolute Gasteiger partial charge is 0.495 e. The number of ether oxygens (including phenoxy) is 3. The van der Waals surface area contributed by atoms with Gasteiger partial charge in [0, 0.05) is 0 Å². The first-order valence-electron chi connectivity index (χ1n) is 8.51. The lowest BCUT2D eigenvalue weighted by molar-refractivity contribution is 0.165. The summed E-state index contributed by atoms with van der Waals surface area (Å²) >= 11 is 0. The Hall–Kier alpha value is -2.50. The zero-order valence-electron chi connectivity index (χ0n) is 16.1. The maximum absolute atomic E-state index is 12.3. The van der Waals surface area contributed by atoms with Gasteiger partial charge in [0.05, 0.1) is 60.1 Å². The van der Waals surface area contributed by atoms with Gasteiger partial charge in [-0.1, -0.05) is 0 Å². The highest BCUT2D eigenvalue weighted by atomic mass is 32.2. The molecule has 11 heteroatoms. The predicted octanol–water partition coefficient (Wildman–Crippen LogP) is 1.13. The Morgan fingerprint density at radius 2 is 1.10 bits per heavy atom. The van der Waals surface area contributed by atoms with Crippen molar-refractivity contribution in [1.82, 2.24) is 0 Å². The zero-order valence-corrected chi connectivity index (χ0v) is 17.8. The first-order chi connectivity index (χ1) is 13.6. The molecule has 2 rings (SSSR count). The number of rotatable bonds is 10. The number of anilines is 2. The van der Waals surface area contributed by atoms with E-state index in [1.807, 2.05) is 0 Å². The minimum atomic E-state index is -3.63. The van der Waals surface area contributed by atoms with E-state index in [1.54, 1.807) is 0 Å². The van der Waals surface area contributed by atoms with E-state index in [4.69, 9.17) is 25.7 Å². The van der Waals surface area contributed by atoms with Crippen LogP contribution in [0.1, 0.15) is 0 Å². The van der Waals surface area contributed by atoms with Gasteiger partial charge >= 0.3 is 0 Å². The topological polar surface area (TPSA) is 148 Å². The third-order valence-electron chi connectivity index (χ3n) is 4.11. The number of methoxy groups -OCH3 is 2. The standard InChI is InChI=1S/C18H24N2O7S2/c1-25-17-5-3-13(11-15(17)19)28(21,22)9-7-27-8-10-29(23,24)14-4-6-18(26-2)16(20)12-14/h3-6,11-12H,7-10,19-20H2,1-2H3. The minimum absolute atomic E-state index is 0.0423. The number of hydrogen-bond acceptors (Lipinski definition) is 9. The fraction of sp³-hybridized carbons (Fsp3) is 0.333. The van der Waals surface area contributed by atoms with E-state index < -0.39 is 19.7 Å². The molecule has 160 valence electrons. The molecule has 0 aliphatic heterocycles. The van der Waals surface area contributed by atoms with Crippen molar-refractivity contribution in [3.05, 3.63) is 36.4 Å². The summed E-state index contributed by atoms with van der Waals surface area (Å²) in [5, 5.41) is 0. The van der Waals surface area contributed by atoms with Gasteiger partial charge in [-0.15, -0.1) is 0 Å². The number of benzene rings is 2. The van der Waals surface area contributed by atoms with Crippen LogP contribution in [0.3, 0.4) is 0 Å². The second-order valence-electron chi connectivity index (χ2n) is 6.06. The minimum Gasteiger partial charge on any atom is -0.495 e. The van der Waals surface area contributed by atoms with Crippen LogP contribution in [0, 0.1) is 0 Å². The van der Waals surface area contributed by atoms with Gasteiger partial charge in [0.15, 0.2) is 19.7 Å². The molecule has 2 aromatic carbocycles. The van der Waals surface area contributed by atoms with Crippen molar-refractivity contribution in [3.63, 3.8) is 0 Å². The summed E-state index contributed by atoms with van der Waals surface area (Å²) in [6.45, 7) is -0.316. The summed E-state index contributed by atoms with van der Waals surface area (Å²) in [6.07, 6.45) is 0. The zero-order chi connectivity index (χ0) is 21.7. The van der Waals surface area contributed by atoms with Gasteiger partial charge in [-0.3, -0.25) is 0 Å². The number of nitrogen functional groups attached to an aromatic ring is 2. The molecule has 0 spiro atoms. The van der Waals surface area contributed by atoms with Crippen molar-refractivity contribution in [2.45, 2.75) is 9.79 Å². The predicted molar refractivity (Wildman–Crippen MR) is 110 cm³/mol. The van der Waals surface area contributed by atoms with Gasteiger partial charge < -0.3 is 25.7 Å². The van der Waals surface area contributed by atoms with Crippen LogP contribution in [0.2, 0.25) is 0 Å². The van der Waals surface area contributed by atoms with Gasteiger partial charge in [-0.2, -0.15) is 0 Å². The molecule has 0 bridgehead atoms. The van der Waals surface area contributed by atoms with Gasteiger partial charge in [-0.05, 0) is 36.4 Å². The van der Waals surface area contributed by atoms with Crippen LogP contribution in [-0.4, -0.2) is 55.8 Å². The fourth-order valence-corrected chi connectivity index (χ4v) is 4.80. The van der Waals surface area contributed by atoms with E-state index in [-0.39, 0.29) is 45.9 Å². The summed E-state index contributed by atoms with van der Waals surface area (Å²) in [5.74, 6) is 0.136. The van der Waals surface area contributed by atoms with E-state index in [0.29, 0.717) is 11.5 Å². The highest BCUT2D eigenvalue weighted by Crippen LogP contribution is 2.26. The molecule has 9 nitrogen and oxygen atoms in total. The van der Waals surface area contributed by atoms with E-state index in [9.17, 15) is 16.8 Å². The molecule has 0 amide bonds. The summed E-state index contributed by atoms with van der Waals surface area (Å²) in [7, 11) is -4.39. The Kier molecular flexibility index (Phi) is 7.33. The molecule has 4 N–H and O–H groups in total. The van der Waals surface area contributed by atoms with Crippen molar-refractivity contribution >= 4 is 31.0 Å². The van der Waals surface area contributed by atoms with Crippen LogP contribution in [0.4, 0.5) is 11.4 Å². The molecule has 0 heterocycles. The van der Waals surface area contributed by atoms with Gasteiger partial charge in [0.2, 0.25) is 0 Å². The first kappa shape index (κ1) is 22.8. The molecule has 0 unspecified atom stereocenters. The lowest BCUT2D eigenvalue weighted by Gasteiger charge is -2.10. The molecule has 0 fully saturated rings. The van der Waals surface area contributed by atoms with Crippen LogP contribution >= 0.6 is 0 Å². The molecule has 0 aromatic heterocycles. The van der Waals surface area contributed by atoms with E-state index in [1.165, 1.54) is 50.6 Å². The Morgan fingerprint density at radius 1 is 0.724 bits per heavy atom. The molecule has 2 aromatic rings. The Balaban J connectivity index is 1.90. The molecule has 0 aliphatic carbocycles. The SMILES string of the molecule is COc1ccc(S(=O)(=O)CCOCCS(=O)(=O)c2ccc(OC)c(N)c2)cc1N. The average Bonchev–Trinajstić information content (AvgIpc) is 2.67. The molecular formula is C18H24N2O7S2. The second-order valence-corrected chi connectivity index (χ2v) is 10.3. The summed E-state index contributed by atoms with van der Waals surface area (Å²) in [6, 6.07) is 8.35. The van der Waals surface area contributed by atoms with Crippen LogP contribution in [-0.2, 0) is 24.4 Å². The van der Waals surface area contributed by atoms with Gasteiger partial charge in [-0.25, -0.2) is 16.8 Å². The van der Waals surface area contributed by atoms with Crippen LogP contribution in [0.5, 0.6) is 11.5 Å². The van der Waals surface area contributed by atoms with Crippen LogP contribution < -0.4 is 20.9 Å². The molecule has 0 saturated heterocycles. The monoisotopic (exact) mass is 444 g/mol. The third kappa shape index (κ3) is 5.75. The first-order valence-corrected chi connectivity index (χ1v) is 11.8. The molecule has 0 saturated carbocycles. The number of sulfone groups is 2. The Labute approximate surface area is 170 Å². The van der Waals surface area contributed by atoms with Crippen molar-refractivity contribution in [2.75, 3.05) is 50.4 Å². The van der Waals surface area contributed by atoms with E-state index >= 15 is 0 Å². The highest BCUT2D eigenvalue weighted by Gasteiger charge is 2.18. The quantitative estimate of drug-likeness (QED) is 0.406. The Morgan fingerprint density at radius 3 is 1.41 bits per heavy atom. The van der Waals surface area contributed by atoms with Crippen molar-refractivity contribution < 1.29 is 31.0 Å². The lowest BCUT2D eigenvalue weighted by Crippen LogP contribution is -2.17. The smallest absolute Gasteiger partial charge is 0.180 e. The highest BCUT2D eigenvalue weighted by molar-refractivity contribution is 7.91. The van der Waals surface area contributed by atoms with Crippen LogP contribution in [0.25, 0.3) is 0 Å². The maximum atomic E-state index is 12.3. The average molecular weight is 445 g/mol. The van der Waals surface area contributed by atoms with Crippen molar-refractivity contribution in [1.29, 1.82) is 0 Å². The lowest BCUT2D eigenvalue weighted by atomic mass is 10.3. The van der Waals surface area contributed by atoms with Crippen LogP contribution in [0.15, 0.2) is 46.2 Å². The maximum Gasteiger partial charge on any atom is 0.180 e. The fourth-order valence-electron chi connectivity index (χ4n) is 2.49. The second kappa shape index (κ2) is 9.33. The van der Waals surface area contributed by atoms with Gasteiger partial charge in [0.1, 0.15) is 11.5 Å². The van der Waals surface area contributed by atoms with E-state index in [2.05, 4.69) is 0 Å². The molecule has 0 radical (unpaired) electrons. The summed E-state index contributed by atoms with van der Waals surface area (Å²) in [4.78, 5) is 0.0847. The molecule has 0 aliphatic rings. The molecule has 0 atom stereocenters. The summed E-state index contributed by atoms with van der Waals surface area (Å²) < 4.78 is 64.6. The van der Waals surface area contributed by atoms with Crippen molar-refractivity contribution in [2.24, 2.45) is 0 Å². The third-order valence-corrected chi connectivity index (χ3v) is 7.47. The molecular weight excluding hydrogens is 420 g/mol. The number of nitrogens with two attached hydrogens (primary N) is 2.